The van der Waals surface area contributed by atoms with Crippen LogP contribution >= 0.6 is 0 Å². The van der Waals surface area contributed by atoms with Crippen LogP contribution in [-0.2, 0) is 37.0 Å². The summed E-state index contributed by atoms with van der Waals surface area (Å²) in [7, 11) is 0. The van der Waals surface area contributed by atoms with Crippen molar-refractivity contribution in [3.8, 4) is 11.1 Å². The zero-order valence-corrected chi connectivity index (χ0v) is 34.1. The maximum absolute atomic E-state index is 13.8. The van der Waals surface area contributed by atoms with Gasteiger partial charge in [-0.25, -0.2) is 0 Å². The number of likely N-dealkylation sites (tertiary alicyclic amines) is 1. The van der Waals surface area contributed by atoms with Crippen molar-refractivity contribution in [1.29, 1.82) is 0 Å². The maximum atomic E-state index is 13.8. The van der Waals surface area contributed by atoms with E-state index in [-0.39, 0.29) is 48.6 Å². The van der Waals surface area contributed by atoms with Gasteiger partial charge in [0.1, 0.15) is 0 Å². The zero-order valence-electron chi connectivity index (χ0n) is 34.1. The van der Waals surface area contributed by atoms with E-state index < -0.39 is 12.3 Å². The van der Waals surface area contributed by atoms with E-state index in [0.717, 1.165) is 71.9 Å². The molecule has 6 atom stereocenters. The molecule has 0 spiro atoms. The molecule has 10 nitrogen and oxygen atoms in total. The molecule has 0 bridgehead atoms. The number of aliphatic hydroxyl groups is 1. The van der Waals surface area contributed by atoms with Gasteiger partial charge in [0.15, 0.2) is 6.29 Å². The molecule has 2 amide bonds. The summed E-state index contributed by atoms with van der Waals surface area (Å²) < 4.78 is 13.6. The Hall–Kier alpha value is -4.09. The first-order valence-electron chi connectivity index (χ1n) is 21.2. The molecule has 0 unspecified atom stereocenters. The van der Waals surface area contributed by atoms with Gasteiger partial charge in [-0.1, -0.05) is 98.5 Å². The first-order chi connectivity index (χ1) is 27.5. The SMILES string of the molecule is CC(C)(C)NC(=O)[C@H]1CC[C@H]2CCCC[C@H]2N1C[C@H]1C[C@@H](c2ccc(CO)cc2)O[C@@H](c2ccc(-c3ccccc3CNC(=O)CCCCCCC(=O)O)cc2)O1. The number of aliphatic carboxylic acids is 1. The van der Waals surface area contributed by atoms with Crippen LogP contribution in [0.25, 0.3) is 11.1 Å². The minimum absolute atomic E-state index is 0.00944. The lowest BCUT2D eigenvalue weighted by Gasteiger charge is -2.50. The van der Waals surface area contributed by atoms with E-state index >= 15 is 0 Å². The number of unbranched alkanes of at least 4 members (excludes halogenated alkanes) is 3. The van der Waals surface area contributed by atoms with Crippen molar-refractivity contribution in [3.05, 3.63) is 95.1 Å². The molecule has 0 aromatic heterocycles. The predicted octanol–water partition coefficient (Wildman–Crippen LogP) is 8.37. The normalized spacial score (nSPS) is 24.0. The van der Waals surface area contributed by atoms with Gasteiger partial charge in [-0.05, 0) is 93.0 Å². The molecule has 3 aromatic carbocycles. The molecule has 4 N–H and O–H groups in total. The van der Waals surface area contributed by atoms with Gasteiger partial charge in [-0.15, -0.1) is 0 Å². The fourth-order valence-corrected chi connectivity index (χ4v) is 8.97. The third kappa shape index (κ3) is 12.0. The molecule has 0 radical (unpaired) electrons. The van der Waals surface area contributed by atoms with Crippen molar-refractivity contribution in [3.63, 3.8) is 0 Å². The molecule has 1 saturated carbocycles. The Morgan fingerprint density at radius 2 is 1.51 bits per heavy atom. The number of nitrogens with one attached hydrogen (secondary N) is 2. The minimum atomic E-state index is -0.779. The number of aliphatic hydroxyl groups excluding tert-OH is 1. The lowest BCUT2D eigenvalue weighted by atomic mass is 9.75. The highest BCUT2D eigenvalue weighted by Crippen LogP contribution is 2.42. The van der Waals surface area contributed by atoms with Crippen LogP contribution in [0.5, 0.6) is 0 Å². The number of piperidine rings is 1. The summed E-state index contributed by atoms with van der Waals surface area (Å²) in [6.07, 6.45) is 9.93. The van der Waals surface area contributed by atoms with Crippen LogP contribution in [0.15, 0.2) is 72.8 Å². The molecule has 2 saturated heterocycles. The molecule has 6 rings (SSSR count). The Morgan fingerprint density at radius 1 is 0.807 bits per heavy atom. The maximum Gasteiger partial charge on any atom is 0.303 e. The number of carboxylic acids is 1. The second kappa shape index (κ2) is 20.1. The van der Waals surface area contributed by atoms with Crippen LogP contribution in [0.4, 0.5) is 0 Å². The van der Waals surface area contributed by atoms with Crippen LogP contribution in [-0.4, -0.2) is 63.2 Å². The van der Waals surface area contributed by atoms with Crippen molar-refractivity contribution < 1.29 is 34.1 Å². The van der Waals surface area contributed by atoms with Crippen molar-refractivity contribution in [1.82, 2.24) is 15.5 Å². The minimum Gasteiger partial charge on any atom is -0.481 e. The van der Waals surface area contributed by atoms with Gasteiger partial charge in [0.05, 0.1) is 24.9 Å². The highest BCUT2D eigenvalue weighted by atomic mass is 16.7. The summed E-state index contributed by atoms with van der Waals surface area (Å²) in [6.45, 7) is 7.17. The fourth-order valence-electron chi connectivity index (χ4n) is 8.97. The molecular weight excluding hydrogens is 719 g/mol. The number of benzene rings is 3. The summed E-state index contributed by atoms with van der Waals surface area (Å²) >= 11 is 0. The average molecular weight is 782 g/mol. The van der Waals surface area contributed by atoms with Crippen molar-refractivity contribution in [2.45, 2.75) is 154 Å². The Labute approximate surface area is 338 Å². The summed E-state index contributed by atoms with van der Waals surface area (Å²) in [5.74, 6) is -0.0874. The summed E-state index contributed by atoms with van der Waals surface area (Å²) in [5, 5.41) is 24.9. The van der Waals surface area contributed by atoms with Gasteiger partial charge in [0.2, 0.25) is 11.8 Å². The van der Waals surface area contributed by atoms with Crippen LogP contribution in [0, 0.1) is 5.92 Å². The van der Waals surface area contributed by atoms with Gasteiger partial charge >= 0.3 is 5.97 Å². The Morgan fingerprint density at radius 3 is 2.23 bits per heavy atom. The number of carbonyl (C=O) groups excluding carboxylic acids is 2. The highest BCUT2D eigenvalue weighted by Gasteiger charge is 2.44. The smallest absolute Gasteiger partial charge is 0.303 e. The highest BCUT2D eigenvalue weighted by molar-refractivity contribution is 5.82. The second-order valence-corrected chi connectivity index (χ2v) is 17.4. The lowest BCUT2D eigenvalue weighted by molar-refractivity contribution is -0.255. The average Bonchev–Trinajstić information content (AvgIpc) is 3.20. The fraction of sp³-hybridized carbons (Fsp3) is 0.553. The molecule has 3 aromatic rings. The van der Waals surface area contributed by atoms with Crippen molar-refractivity contribution >= 4 is 17.8 Å². The van der Waals surface area contributed by atoms with Crippen molar-refractivity contribution in [2.24, 2.45) is 5.92 Å². The summed E-state index contributed by atoms with van der Waals surface area (Å²) in [6, 6.07) is 24.5. The molecule has 2 heterocycles. The number of ether oxygens (including phenoxy) is 2. The van der Waals surface area contributed by atoms with Gasteiger partial charge in [0.25, 0.3) is 0 Å². The van der Waals surface area contributed by atoms with E-state index in [1.54, 1.807) is 0 Å². The largest absolute Gasteiger partial charge is 0.481 e. The number of hydrogen-bond donors (Lipinski definition) is 4. The van der Waals surface area contributed by atoms with E-state index in [2.05, 4.69) is 45.9 Å². The topological polar surface area (TPSA) is 137 Å². The number of carboxylic acid groups (broad SMARTS) is 1. The molecule has 1 aliphatic carbocycles. The van der Waals surface area contributed by atoms with E-state index in [4.69, 9.17) is 14.6 Å². The van der Waals surface area contributed by atoms with Gasteiger partial charge in [-0.3, -0.25) is 19.3 Å². The first-order valence-corrected chi connectivity index (χ1v) is 21.2. The Kier molecular flexibility index (Phi) is 15.0. The number of carbonyl (C=O) groups is 3. The van der Waals surface area contributed by atoms with Crippen molar-refractivity contribution in [2.75, 3.05) is 6.54 Å². The zero-order chi connectivity index (χ0) is 40.4. The number of hydrogen-bond acceptors (Lipinski definition) is 7. The molecular formula is C47H63N3O7. The lowest BCUT2D eigenvalue weighted by Crippen LogP contribution is -2.61. The van der Waals surface area contributed by atoms with Gasteiger partial charge in [0, 0.05) is 49.5 Å². The molecule has 57 heavy (non-hydrogen) atoms. The third-order valence-electron chi connectivity index (χ3n) is 11.9. The number of nitrogens with zero attached hydrogens (tertiary/aromatic N) is 1. The second-order valence-electron chi connectivity index (χ2n) is 17.4. The van der Waals surface area contributed by atoms with Crippen LogP contribution < -0.4 is 10.6 Å². The van der Waals surface area contributed by atoms with Gasteiger partial charge in [-0.2, -0.15) is 0 Å². The van der Waals surface area contributed by atoms with Crippen LogP contribution in [0.1, 0.15) is 139 Å². The van der Waals surface area contributed by atoms with E-state index in [9.17, 15) is 19.5 Å². The monoisotopic (exact) mass is 781 g/mol. The number of fused-ring (bicyclic) bond motifs is 1. The first kappa shape index (κ1) is 42.5. The Bertz CT molecular complexity index is 1770. The summed E-state index contributed by atoms with van der Waals surface area (Å²) in [5.41, 5.74) is 5.56. The third-order valence-corrected chi connectivity index (χ3v) is 11.9. The van der Waals surface area contributed by atoms with Crippen LogP contribution in [0.3, 0.4) is 0 Å². The predicted molar refractivity (Wildman–Crippen MR) is 221 cm³/mol. The molecule has 308 valence electrons. The van der Waals surface area contributed by atoms with E-state index in [0.29, 0.717) is 44.3 Å². The number of amides is 2. The Balaban J connectivity index is 1.17. The van der Waals surface area contributed by atoms with E-state index in [1.807, 2.05) is 63.2 Å². The quantitative estimate of drug-likeness (QED) is 0.107. The standard InChI is InChI=1S/C47H63N3O7/c1-47(2,3)49-45(55)41-27-26-34-12-9-11-15-40(34)50(41)30-38-28-42(35-20-18-32(31-51)19-21-35)57-46(56-38)36-24-22-33(23-25-36)39-14-10-8-13-37(39)29-48-43(52)16-6-4-5-7-17-44(53)54/h8,10,13-14,18-25,34,38,40-42,46,51H,4-7,9,11-12,15-17,26-31H2,1-3H3,(H,48,52)(H,49,55)(H,53,54)/t34-,38-,40-,41-,42+,46+/m1/s1. The number of rotatable bonds is 16. The molecule has 2 aliphatic heterocycles. The van der Waals surface area contributed by atoms with Gasteiger partial charge < -0.3 is 30.3 Å². The molecule has 3 aliphatic rings. The summed E-state index contributed by atoms with van der Waals surface area (Å²) in [4.78, 5) is 39.7. The molecule has 3 fully saturated rings. The molecule has 10 heteroatoms. The van der Waals surface area contributed by atoms with E-state index in [1.165, 1.54) is 19.3 Å². The van der Waals surface area contributed by atoms with Crippen LogP contribution in [0.2, 0.25) is 0 Å².